The van der Waals surface area contributed by atoms with Crippen LogP contribution in [0.3, 0.4) is 0 Å². The first-order chi connectivity index (χ1) is 11.2. The molecule has 2 aromatic rings. The molecule has 0 aromatic heterocycles. The van der Waals surface area contributed by atoms with Crippen LogP contribution in [0, 0.1) is 0 Å². The first kappa shape index (κ1) is 21.2. The maximum atomic E-state index is 3.49. The fraction of sp³-hybridized carbons (Fsp3) is 0.238. The second kappa shape index (κ2) is 13.8. The molecule has 0 aliphatic heterocycles. The summed E-state index contributed by atoms with van der Waals surface area (Å²) in [6.45, 7) is 11.6. The smallest absolute Gasteiger partial charge is 0.0458 e. The topological polar surface area (TPSA) is 12.0 Å². The van der Waals surface area contributed by atoms with E-state index in [1.54, 1.807) is 0 Å². The van der Waals surface area contributed by atoms with Crippen LogP contribution in [0.1, 0.15) is 39.7 Å². The molecular formula is C21H28BrN. The van der Waals surface area contributed by atoms with Crippen molar-refractivity contribution in [1.29, 1.82) is 0 Å². The molecule has 0 aliphatic rings. The van der Waals surface area contributed by atoms with Crippen molar-refractivity contribution in [3.63, 3.8) is 0 Å². The normalized spacial score (nSPS) is 9.26. The van der Waals surface area contributed by atoms with Gasteiger partial charge in [-0.15, -0.1) is 6.58 Å². The Morgan fingerprint density at radius 1 is 1.09 bits per heavy atom. The van der Waals surface area contributed by atoms with Crippen molar-refractivity contribution < 1.29 is 0 Å². The molecule has 0 spiro atoms. The second-order valence-corrected chi connectivity index (χ2v) is 5.34. The van der Waals surface area contributed by atoms with E-state index in [2.05, 4.69) is 65.1 Å². The number of benzene rings is 2. The molecule has 0 radical (unpaired) electrons. The quantitative estimate of drug-likeness (QED) is 0.538. The monoisotopic (exact) mass is 373 g/mol. The largest absolute Gasteiger partial charge is 0.355 e. The third kappa shape index (κ3) is 9.04. The van der Waals surface area contributed by atoms with Crippen molar-refractivity contribution in [1.82, 2.24) is 0 Å². The number of hydrogen-bond donors (Lipinski definition) is 1. The van der Waals surface area contributed by atoms with E-state index in [0.717, 1.165) is 22.3 Å². The lowest BCUT2D eigenvalue weighted by atomic mass is 10.1. The van der Waals surface area contributed by atoms with Crippen LogP contribution in [-0.4, -0.2) is 0 Å². The predicted molar refractivity (Wildman–Crippen MR) is 110 cm³/mol. The van der Waals surface area contributed by atoms with Crippen molar-refractivity contribution in [3.05, 3.63) is 77.3 Å². The van der Waals surface area contributed by atoms with Gasteiger partial charge >= 0.3 is 0 Å². The standard InChI is InChI=1S/C15H14BrN.C4H8.C2H6/c1-2-6-12-11-13(16)9-10-15(12)17-14-7-4-3-5-8-14;1-3-4-2;1-2/h2-11,17H,1H3;3H,1,4H2,2H3;1-2H3/b6-2+;;. The zero-order valence-corrected chi connectivity index (χ0v) is 16.2. The zero-order chi connectivity index (χ0) is 17.5. The number of anilines is 2. The van der Waals surface area contributed by atoms with Gasteiger partial charge in [0.05, 0.1) is 0 Å². The van der Waals surface area contributed by atoms with E-state index in [1.807, 2.05) is 57.2 Å². The van der Waals surface area contributed by atoms with Crippen molar-refractivity contribution in [2.24, 2.45) is 0 Å². The average Bonchev–Trinajstić information content (AvgIpc) is 2.60. The lowest BCUT2D eigenvalue weighted by Gasteiger charge is -2.10. The summed E-state index contributed by atoms with van der Waals surface area (Å²) < 4.78 is 1.09. The van der Waals surface area contributed by atoms with E-state index in [-0.39, 0.29) is 0 Å². The van der Waals surface area contributed by atoms with Gasteiger partial charge in [-0.2, -0.15) is 0 Å². The number of rotatable bonds is 4. The van der Waals surface area contributed by atoms with Gasteiger partial charge in [-0.25, -0.2) is 0 Å². The van der Waals surface area contributed by atoms with E-state index in [9.17, 15) is 0 Å². The van der Waals surface area contributed by atoms with E-state index < -0.39 is 0 Å². The van der Waals surface area contributed by atoms with Crippen LogP contribution >= 0.6 is 15.9 Å². The van der Waals surface area contributed by atoms with Crippen molar-refractivity contribution in [2.75, 3.05) is 5.32 Å². The van der Waals surface area contributed by atoms with Gasteiger partial charge in [-0.3, -0.25) is 0 Å². The third-order valence-corrected chi connectivity index (χ3v) is 3.19. The number of halogens is 1. The minimum absolute atomic E-state index is 1.08. The molecular weight excluding hydrogens is 346 g/mol. The Kier molecular flexibility index (Phi) is 12.8. The summed E-state index contributed by atoms with van der Waals surface area (Å²) in [5.74, 6) is 0. The lowest BCUT2D eigenvalue weighted by molar-refractivity contribution is 1.23. The summed E-state index contributed by atoms with van der Waals surface area (Å²) >= 11 is 3.49. The summed E-state index contributed by atoms with van der Waals surface area (Å²) in [6, 6.07) is 16.4. The Bertz CT molecular complexity index is 574. The Morgan fingerprint density at radius 2 is 1.70 bits per heavy atom. The Morgan fingerprint density at radius 3 is 2.22 bits per heavy atom. The number of para-hydroxylation sites is 1. The van der Waals surface area contributed by atoms with Gasteiger partial charge < -0.3 is 5.32 Å². The van der Waals surface area contributed by atoms with Gasteiger partial charge in [0.2, 0.25) is 0 Å². The van der Waals surface area contributed by atoms with Gasteiger partial charge in [-0.1, -0.05) is 73.1 Å². The van der Waals surface area contributed by atoms with Crippen molar-refractivity contribution in [2.45, 2.75) is 34.1 Å². The molecule has 1 nitrogen and oxygen atoms in total. The van der Waals surface area contributed by atoms with Gasteiger partial charge in [0.15, 0.2) is 0 Å². The molecule has 0 fully saturated rings. The summed E-state index contributed by atoms with van der Waals surface area (Å²) in [7, 11) is 0. The van der Waals surface area contributed by atoms with Crippen LogP contribution in [0.15, 0.2) is 71.7 Å². The molecule has 0 atom stereocenters. The molecule has 2 aromatic carbocycles. The van der Waals surface area contributed by atoms with E-state index in [4.69, 9.17) is 0 Å². The predicted octanol–water partition coefficient (Wildman–Crippen LogP) is 7.83. The molecule has 23 heavy (non-hydrogen) atoms. The van der Waals surface area contributed by atoms with Crippen LogP contribution in [0.4, 0.5) is 11.4 Å². The van der Waals surface area contributed by atoms with Crippen LogP contribution in [0.5, 0.6) is 0 Å². The van der Waals surface area contributed by atoms with Crippen LogP contribution in [-0.2, 0) is 0 Å². The minimum Gasteiger partial charge on any atom is -0.355 e. The molecule has 2 heteroatoms. The fourth-order valence-electron chi connectivity index (χ4n) is 1.64. The van der Waals surface area contributed by atoms with E-state index >= 15 is 0 Å². The molecule has 0 saturated heterocycles. The highest BCUT2D eigenvalue weighted by Gasteiger charge is 2.00. The zero-order valence-electron chi connectivity index (χ0n) is 14.6. The second-order valence-electron chi connectivity index (χ2n) is 4.42. The summed E-state index contributed by atoms with van der Waals surface area (Å²) in [5, 5.41) is 3.41. The van der Waals surface area contributed by atoms with E-state index in [0.29, 0.717) is 0 Å². The molecule has 0 aliphatic carbocycles. The lowest BCUT2D eigenvalue weighted by Crippen LogP contribution is -1.92. The minimum atomic E-state index is 1.08. The highest BCUT2D eigenvalue weighted by molar-refractivity contribution is 9.10. The van der Waals surface area contributed by atoms with Crippen LogP contribution in [0.25, 0.3) is 6.08 Å². The molecule has 124 valence electrons. The highest BCUT2D eigenvalue weighted by atomic mass is 79.9. The SMILES string of the molecule is C/C=C/c1cc(Br)ccc1Nc1ccccc1.C=CCC.CC. The van der Waals surface area contributed by atoms with Gasteiger partial charge in [0.25, 0.3) is 0 Å². The summed E-state index contributed by atoms with van der Waals surface area (Å²) in [5.41, 5.74) is 3.38. The molecule has 1 N–H and O–H groups in total. The Balaban J connectivity index is 0.000000705. The average molecular weight is 374 g/mol. The van der Waals surface area contributed by atoms with Crippen molar-refractivity contribution >= 4 is 33.4 Å². The van der Waals surface area contributed by atoms with Gasteiger partial charge in [0.1, 0.15) is 0 Å². The fourth-order valence-corrected chi connectivity index (χ4v) is 2.02. The number of hydrogen-bond acceptors (Lipinski definition) is 1. The maximum absolute atomic E-state index is 3.49. The molecule has 0 amide bonds. The molecule has 0 heterocycles. The summed E-state index contributed by atoms with van der Waals surface area (Å²) in [6.07, 6.45) is 7.09. The Labute approximate surface area is 150 Å². The van der Waals surface area contributed by atoms with Gasteiger partial charge in [0, 0.05) is 15.8 Å². The first-order valence-electron chi connectivity index (χ1n) is 8.06. The molecule has 2 rings (SSSR count). The molecule has 0 unspecified atom stereocenters. The molecule has 0 bridgehead atoms. The Hall–Kier alpha value is -1.80. The number of nitrogens with one attached hydrogen (secondary N) is 1. The number of allylic oxidation sites excluding steroid dienone is 2. The highest BCUT2D eigenvalue weighted by Crippen LogP contribution is 2.25. The third-order valence-electron chi connectivity index (χ3n) is 2.70. The van der Waals surface area contributed by atoms with Crippen LogP contribution < -0.4 is 5.32 Å². The van der Waals surface area contributed by atoms with Crippen molar-refractivity contribution in [3.8, 4) is 0 Å². The molecule has 0 saturated carbocycles. The first-order valence-corrected chi connectivity index (χ1v) is 8.85. The summed E-state index contributed by atoms with van der Waals surface area (Å²) in [4.78, 5) is 0. The van der Waals surface area contributed by atoms with Gasteiger partial charge in [-0.05, 0) is 49.2 Å². The van der Waals surface area contributed by atoms with E-state index in [1.165, 1.54) is 5.56 Å². The van der Waals surface area contributed by atoms with Crippen LogP contribution in [0.2, 0.25) is 0 Å². The maximum Gasteiger partial charge on any atom is 0.0458 e.